The Morgan fingerprint density at radius 1 is 1.53 bits per heavy atom. The molecule has 0 amide bonds. The Morgan fingerprint density at radius 2 is 2.11 bits per heavy atom. The molecule has 0 unspecified atom stereocenters. The topological polar surface area (TPSA) is 112 Å². The minimum atomic E-state index is -5.32. The first-order valence-electron chi connectivity index (χ1n) is 4.37. The summed E-state index contributed by atoms with van der Waals surface area (Å²) in [5.41, 5.74) is -1.14. The van der Waals surface area contributed by atoms with E-state index in [1.165, 1.54) is 0 Å². The van der Waals surface area contributed by atoms with Gasteiger partial charge < -0.3 is 24.7 Å². The van der Waals surface area contributed by atoms with Gasteiger partial charge in [-0.15, -0.1) is 13.2 Å². The van der Waals surface area contributed by atoms with Gasteiger partial charge in [-0.3, -0.25) is 0 Å². The molecule has 0 bridgehead atoms. The number of aromatic carboxylic acids is 1. The second kappa shape index (κ2) is 4.96. The maximum Gasteiger partial charge on any atom is 0.573 e. The van der Waals surface area contributed by atoms with Gasteiger partial charge >= 0.3 is 18.1 Å². The van der Waals surface area contributed by atoms with Crippen LogP contribution in [0, 0.1) is 10.1 Å². The van der Waals surface area contributed by atoms with Crippen LogP contribution in [0.5, 0.6) is 11.5 Å². The van der Waals surface area contributed by atoms with Gasteiger partial charge in [0.1, 0.15) is 0 Å². The van der Waals surface area contributed by atoms with Crippen LogP contribution in [0.1, 0.15) is 10.4 Å². The predicted molar refractivity (Wildman–Crippen MR) is 51.1 cm³/mol. The average Bonchev–Trinajstić information content (AvgIpc) is 2.25. The standard InChI is InChI=1S/C8H5F3N2O6/c1-18-3-2-12-6(13(16)17)5(4(3)7(14)15)19-8(9,10)11/h2H,1H3,(H,14,15). The molecule has 0 aliphatic rings. The van der Waals surface area contributed by atoms with Gasteiger partial charge in [0.25, 0.3) is 0 Å². The average molecular weight is 282 g/mol. The molecule has 0 saturated carbocycles. The van der Waals surface area contributed by atoms with Crippen LogP contribution >= 0.6 is 0 Å². The van der Waals surface area contributed by atoms with E-state index in [1.54, 1.807) is 0 Å². The Labute approximate surface area is 102 Å². The second-order valence-corrected chi connectivity index (χ2v) is 2.96. The highest BCUT2D eigenvalue weighted by molar-refractivity contribution is 5.95. The lowest BCUT2D eigenvalue weighted by Gasteiger charge is -2.12. The number of aromatic nitrogens is 1. The Bertz CT molecular complexity index is 530. The van der Waals surface area contributed by atoms with Crippen LogP contribution in [0.15, 0.2) is 6.20 Å². The summed E-state index contributed by atoms with van der Waals surface area (Å²) in [5, 5.41) is 19.3. The molecule has 104 valence electrons. The number of carboxylic acids is 1. The van der Waals surface area contributed by atoms with Crippen molar-refractivity contribution < 1.29 is 37.5 Å². The number of halogens is 3. The quantitative estimate of drug-likeness (QED) is 0.659. The number of methoxy groups -OCH3 is 1. The zero-order valence-electron chi connectivity index (χ0n) is 9.09. The number of hydrogen-bond donors (Lipinski definition) is 1. The SMILES string of the molecule is COc1cnc([N+](=O)[O-])c(OC(F)(F)F)c1C(=O)O. The van der Waals surface area contributed by atoms with Crippen molar-refractivity contribution in [1.29, 1.82) is 0 Å². The molecule has 0 radical (unpaired) electrons. The van der Waals surface area contributed by atoms with Gasteiger partial charge in [0.2, 0.25) is 5.75 Å². The Morgan fingerprint density at radius 3 is 2.47 bits per heavy atom. The van der Waals surface area contributed by atoms with Crippen LogP contribution in [-0.2, 0) is 0 Å². The molecule has 8 nitrogen and oxygen atoms in total. The number of carboxylic acid groups (broad SMARTS) is 1. The van der Waals surface area contributed by atoms with E-state index in [2.05, 4.69) is 14.5 Å². The highest BCUT2D eigenvalue weighted by Gasteiger charge is 2.39. The summed E-state index contributed by atoms with van der Waals surface area (Å²) in [6, 6.07) is 0. The first-order chi connectivity index (χ1) is 8.67. The van der Waals surface area contributed by atoms with Crippen LogP contribution in [0.3, 0.4) is 0 Å². The fourth-order valence-electron chi connectivity index (χ4n) is 1.17. The Balaban J connectivity index is 3.58. The molecule has 0 aliphatic heterocycles. The molecule has 1 aromatic heterocycles. The molecule has 1 N–H and O–H groups in total. The lowest BCUT2D eigenvalue weighted by molar-refractivity contribution is -0.393. The number of hydrogen-bond acceptors (Lipinski definition) is 6. The molecule has 0 atom stereocenters. The summed E-state index contributed by atoms with van der Waals surface area (Å²) in [7, 11) is 0.965. The summed E-state index contributed by atoms with van der Waals surface area (Å²) < 4.78 is 44.3. The second-order valence-electron chi connectivity index (χ2n) is 2.96. The molecular weight excluding hydrogens is 277 g/mol. The molecule has 11 heteroatoms. The van der Waals surface area contributed by atoms with Gasteiger partial charge in [0, 0.05) is 0 Å². The molecule has 1 aromatic rings. The minimum absolute atomic E-state index is 0.600. The number of pyridine rings is 1. The maximum absolute atomic E-state index is 12.2. The third-order valence-electron chi connectivity index (χ3n) is 1.81. The van der Waals surface area contributed by atoms with E-state index in [0.29, 0.717) is 6.20 Å². The fraction of sp³-hybridized carbons (Fsp3) is 0.250. The molecule has 0 aliphatic carbocycles. The van der Waals surface area contributed by atoms with E-state index in [0.717, 1.165) is 7.11 Å². The largest absolute Gasteiger partial charge is 0.573 e. The maximum atomic E-state index is 12.2. The first kappa shape index (κ1) is 14.5. The first-order valence-corrected chi connectivity index (χ1v) is 4.37. The molecular formula is C8H5F3N2O6. The van der Waals surface area contributed by atoms with E-state index in [-0.39, 0.29) is 0 Å². The van der Waals surface area contributed by atoms with Crippen LogP contribution in [0.4, 0.5) is 19.0 Å². The van der Waals surface area contributed by atoms with Crippen molar-refractivity contribution in [1.82, 2.24) is 4.98 Å². The zero-order valence-corrected chi connectivity index (χ0v) is 9.09. The molecule has 0 aromatic carbocycles. The number of nitro groups is 1. The third kappa shape index (κ3) is 3.20. The summed E-state index contributed by atoms with van der Waals surface area (Å²) in [5.74, 6) is -5.40. The van der Waals surface area contributed by atoms with Gasteiger partial charge in [-0.05, 0) is 9.91 Å². The van der Waals surface area contributed by atoms with E-state index in [9.17, 15) is 28.1 Å². The third-order valence-corrected chi connectivity index (χ3v) is 1.81. The smallest absolute Gasteiger partial charge is 0.492 e. The van der Waals surface area contributed by atoms with Crippen molar-refractivity contribution in [3.8, 4) is 11.5 Å². The number of carbonyl (C=O) groups is 1. The molecule has 1 rings (SSSR count). The zero-order chi connectivity index (χ0) is 14.8. The lowest BCUT2D eigenvalue weighted by atomic mass is 10.2. The number of rotatable bonds is 4. The highest BCUT2D eigenvalue weighted by atomic mass is 19.4. The Kier molecular flexibility index (Phi) is 3.77. The number of nitrogens with zero attached hydrogens (tertiary/aromatic N) is 2. The van der Waals surface area contributed by atoms with Crippen LogP contribution in [-0.4, -0.2) is 34.5 Å². The van der Waals surface area contributed by atoms with Gasteiger partial charge in [-0.1, -0.05) is 0 Å². The molecule has 19 heavy (non-hydrogen) atoms. The minimum Gasteiger partial charge on any atom is -0.492 e. The van der Waals surface area contributed by atoms with Crippen molar-refractivity contribution >= 4 is 11.8 Å². The lowest BCUT2D eigenvalue weighted by Crippen LogP contribution is -2.21. The van der Waals surface area contributed by atoms with E-state index < -0.39 is 40.1 Å². The predicted octanol–water partition coefficient (Wildman–Crippen LogP) is 1.60. The van der Waals surface area contributed by atoms with Crippen LogP contribution in [0.25, 0.3) is 0 Å². The molecule has 0 fully saturated rings. The monoisotopic (exact) mass is 282 g/mol. The summed E-state index contributed by atoms with van der Waals surface area (Å²) in [6.07, 6.45) is -4.70. The molecule has 0 spiro atoms. The van der Waals surface area contributed by atoms with Crippen molar-refractivity contribution in [3.63, 3.8) is 0 Å². The molecule has 1 heterocycles. The summed E-state index contributed by atoms with van der Waals surface area (Å²) >= 11 is 0. The van der Waals surface area contributed by atoms with Crippen molar-refractivity contribution in [3.05, 3.63) is 21.9 Å². The van der Waals surface area contributed by atoms with Gasteiger partial charge in [0.05, 0.1) is 7.11 Å². The van der Waals surface area contributed by atoms with E-state index in [4.69, 9.17) is 5.11 Å². The summed E-state index contributed by atoms with van der Waals surface area (Å²) in [4.78, 5) is 23.2. The van der Waals surface area contributed by atoms with E-state index >= 15 is 0 Å². The van der Waals surface area contributed by atoms with Gasteiger partial charge in [0.15, 0.2) is 17.5 Å². The van der Waals surface area contributed by atoms with Crippen molar-refractivity contribution in [2.75, 3.05) is 7.11 Å². The molecule has 0 saturated heterocycles. The van der Waals surface area contributed by atoms with Crippen LogP contribution in [0.2, 0.25) is 0 Å². The van der Waals surface area contributed by atoms with E-state index in [1.807, 2.05) is 0 Å². The normalized spacial score (nSPS) is 10.9. The fourth-order valence-corrected chi connectivity index (χ4v) is 1.17. The van der Waals surface area contributed by atoms with Crippen molar-refractivity contribution in [2.24, 2.45) is 0 Å². The van der Waals surface area contributed by atoms with Crippen LogP contribution < -0.4 is 9.47 Å². The highest BCUT2D eigenvalue weighted by Crippen LogP contribution is 2.38. The number of ether oxygens (including phenoxy) is 2. The van der Waals surface area contributed by atoms with Crippen molar-refractivity contribution in [2.45, 2.75) is 6.36 Å². The Hall–Kier alpha value is -2.59. The summed E-state index contributed by atoms with van der Waals surface area (Å²) in [6.45, 7) is 0. The van der Waals surface area contributed by atoms with Gasteiger partial charge in [-0.2, -0.15) is 0 Å². The van der Waals surface area contributed by atoms with Gasteiger partial charge in [-0.25, -0.2) is 4.79 Å². The number of alkyl halides is 3.